The summed E-state index contributed by atoms with van der Waals surface area (Å²) in [6.45, 7) is 0.000914. The highest BCUT2D eigenvalue weighted by molar-refractivity contribution is 14.1. The van der Waals surface area contributed by atoms with Crippen LogP contribution in [0.3, 0.4) is 0 Å². The first-order valence-corrected chi connectivity index (χ1v) is 5.91. The van der Waals surface area contributed by atoms with Crippen LogP contribution in [0.4, 0.5) is 0 Å². The van der Waals surface area contributed by atoms with Crippen molar-refractivity contribution in [1.29, 1.82) is 0 Å². The SMILES string of the molecule is OCc1nccc2cc(CI)ccc12. The fraction of sp³-hybridized carbons (Fsp3) is 0.182. The van der Waals surface area contributed by atoms with Crippen LogP contribution in [0.5, 0.6) is 0 Å². The summed E-state index contributed by atoms with van der Waals surface area (Å²) in [4.78, 5) is 4.13. The van der Waals surface area contributed by atoms with Crippen LogP contribution in [0.2, 0.25) is 0 Å². The Hall–Kier alpha value is -0.680. The van der Waals surface area contributed by atoms with Crippen LogP contribution in [0.15, 0.2) is 30.5 Å². The van der Waals surface area contributed by atoms with Crippen LogP contribution < -0.4 is 0 Å². The Morgan fingerprint density at radius 3 is 2.86 bits per heavy atom. The molecule has 0 atom stereocenters. The van der Waals surface area contributed by atoms with Gasteiger partial charge in [-0.25, -0.2) is 0 Å². The molecular weight excluding hydrogens is 289 g/mol. The fourth-order valence-corrected chi connectivity index (χ4v) is 1.97. The monoisotopic (exact) mass is 299 g/mol. The normalized spacial score (nSPS) is 10.7. The molecule has 0 aliphatic rings. The lowest BCUT2D eigenvalue weighted by atomic mass is 10.1. The van der Waals surface area contributed by atoms with Gasteiger partial charge in [0.2, 0.25) is 0 Å². The number of benzene rings is 1. The molecular formula is C11H10INO. The van der Waals surface area contributed by atoms with E-state index in [0.717, 1.165) is 20.9 Å². The van der Waals surface area contributed by atoms with Gasteiger partial charge in [0.05, 0.1) is 12.3 Å². The Morgan fingerprint density at radius 2 is 2.14 bits per heavy atom. The molecule has 0 bridgehead atoms. The zero-order valence-electron chi connectivity index (χ0n) is 7.57. The molecule has 0 radical (unpaired) electrons. The maximum atomic E-state index is 9.10. The second-order valence-electron chi connectivity index (χ2n) is 3.10. The first-order chi connectivity index (χ1) is 6.85. The third-order valence-electron chi connectivity index (χ3n) is 2.22. The van der Waals surface area contributed by atoms with Gasteiger partial charge in [-0.05, 0) is 17.0 Å². The predicted octanol–water partition coefficient (Wildman–Crippen LogP) is 2.66. The van der Waals surface area contributed by atoms with Crippen molar-refractivity contribution in [2.45, 2.75) is 11.0 Å². The molecule has 0 saturated heterocycles. The molecule has 2 nitrogen and oxygen atoms in total. The van der Waals surface area contributed by atoms with E-state index < -0.39 is 0 Å². The van der Waals surface area contributed by atoms with Crippen LogP contribution in [-0.2, 0) is 11.0 Å². The van der Waals surface area contributed by atoms with Crippen molar-refractivity contribution in [3.05, 3.63) is 41.7 Å². The van der Waals surface area contributed by atoms with Crippen molar-refractivity contribution in [2.75, 3.05) is 0 Å². The standard InChI is InChI=1S/C11H10INO/c12-6-8-1-2-10-9(5-8)3-4-13-11(10)7-14/h1-5,14H,6-7H2. The van der Waals surface area contributed by atoms with Crippen LogP contribution >= 0.6 is 22.6 Å². The average Bonchev–Trinajstić information content (AvgIpc) is 2.27. The Morgan fingerprint density at radius 1 is 1.29 bits per heavy atom. The molecule has 1 N–H and O–H groups in total. The second kappa shape index (κ2) is 4.23. The lowest BCUT2D eigenvalue weighted by molar-refractivity contribution is 0.278. The van der Waals surface area contributed by atoms with Crippen LogP contribution in [-0.4, -0.2) is 10.1 Å². The summed E-state index contributed by atoms with van der Waals surface area (Å²) in [7, 11) is 0. The highest BCUT2D eigenvalue weighted by Gasteiger charge is 2.01. The van der Waals surface area contributed by atoms with Gasteiger partial charge in [0.1, 0.15) is 0 Å². The third-order valence-corrected chi connectivity index (χ3v) is 3.10. The zero-order chi connectivity index (χ0) is 9.97. The molecule has 3 heteroatoms. The number of fused-ring (bicyclic) bond motifs is 1. The molecule has 1 aromatic heterocycles. The summed E-state index contributed by atoms with van der Waals surface area (Å²) >= 11 is 2.34. The molecule has 14 heavy (non-hydrogen) atoms. The summed E-state index contributed by atoms with van der Waals surface area (Å²) in [6, 6.07) is 8.23. The Labute approximate surface area is 96.1 Å². The second-order valence-corrected chi connectivity index (χ2v) is 3.87. The summed E-state index contributed by atoms with van der Waals surface area (Å²) in [5.41, 5.74) is 2.05. The van der Waals surface area contributed by atoms with E-state index in [1.165, 1.54) is 5.56 Å². The molecule has 0 unspecified atom stereocenters. The molecule has 0 saturated carbocycles. The van der Waals surface area contributed by atoms with Crippen LogP contribution in [0.25, 0.3) is 10.8 Å². The van der Waals surface area contributed by atoms with E-state index in [4.69, 9.17) is 5.11 Å². The molecule has 1 aromatic carbocycles. The van der Waals surface area contributed by atoms with Crippen molar-refractivity contribution < 1.29 is 5.11 Å². The number of aromatic nitrogens is 1. The summed E-state index contributed by atoms with van der Waals surface area (Å²) in [5.74, 6) is 0. The van der Waals surface area contributed by atoms with Gasteiger partial charge in [-0.15, -0.1) is 0 Å². The van der Waals surface area contributed by atoms with Crippen LogP contribution in [0.1, 0.15) is 11.3 Å². The number of hydrogen-bond donors (Lipinski definition) is 1. The van der Waals surface area contributed by atoms with Gasteiger partial charge < -0.3 is 5.11 Å². The minimum absolute atomic E-state index is 0.000914. The van der Waals surface area contributed by atoms with Crippen molar-refractivity contribution in [3.8, 4) is 0 Å². The number of nitrogens with zero attached hydrogens (tertiary/aromatic N) is 1. The topological polar surface area (TPSA) is 33.1 Å². The Bertz CT molecular complexity index is 456. The van der Waals surface area contributed by atoms with Gasteiger partial charge in [-0.2, -0.15) is 0 Å². The van der Waals surface area contributed by atoms with Gasteiger partial charge in [0.15, 0.2) is 0 Å². The predicted molar refractivity (Wildman–Crippen MR) is 65.4 cm³/mol. The maximum absolute atomic E-state index is 9.10. The molecule has 2 aromatic rings. The first kappa shape index (κ1) is 9.86. The van der Waals surface area contributed by atoms with Gasteiger partial charge in [-0.1, -0.05) is 40.8 Å². The highest BCUT2D eigenvalue weighted by atomic mass is 127. The molecule has 1 heterocycles. The van der Waals surface area contributed by atoms with Crippen molar-refractivity contribution in [3.63, 3.8) is 0 Å². The van der Waals surface area contributed by atoms with Gasteiger partial charge in [0.25, 0.3) is 0 Å². The van der Waals surface area contributed by atoms with Crippen molar-refractivity contribution in [1.82, 2.24) is 4.98 Å². The van der Waals surface area contributed by atoms with Gasteiger partial charge >= 0.3 is 0 Å². The Kier molecular flexibility index (Phi) is 2.98. The number of halogens is 1. The highest BCUT2D eigenvalue weighted by Crippen LogP contribution is 2.19. The number of hydrogen-bond acceptors (Lipinski definition) is 2. The number of aliphatic hydroxyl groups excluding tert-OH is 1. The molecule has 72 valence electrons. The number of alkyl halides is 1. The first-order valence-electron chi connectivity index (χ1n) is 4.38. The zero-order valence-corrected chi connectivity index (χ0v) is 9.73. The van der Waals surface area contributed by atoms with E-state index in [9.17, 15) is 0 Å². The fourth-order valence-electron chi connectivity index (χ4n) is 1.50. The smallest absolute Gasteiger partial charge is 0.0859 e. The molecule has 0 spiro atoms. The van der Waals surface area contributed by atoms with Gasteiger partial charge in [0, 0.05) is 16.0 Å². The number of pyridine rings is 1. The number of aliphatic hydroxyl groups is 1. The van der Waals surface area contributed by atoms with E-state index in [-0.39, 0.29) is 6.61 Å². The summed E-state index contributed by atoms with van der Waals surface area (Å²) < 4.78 is 1.00. The van der Waals surface area contributed by atoms with E-state index >= 15 is 0 Å². The molecule has 0 fully saturated rings. The Balaban J connectivity index is 2.67. The molecule has 0 aliphatic carbocycles. The maximum Gasteiger partial charge on any atom is 0.0859 e. The molecule has 2 rings (SSSR count). The van der Waals surface area contributed by atoms with E-state index in [0.29, 0.717) is 0 Å². The molecule has 0 amide bonds. The van der Waals surface area contributed by atoms with E-state index in [1.807, 2.05) is 12.1 Å². The largest absolute Gasteiger partial charge is 0.390 e. The third kappa shape index (κ3) is 1.74. The number of rotatable bonds is 2. The quantitative estimate of drug-likeness (QED) is 0.683. The average molecular weight is 299 g/mol. The summed E-state index contributed by atoms with van der Waals surface area (Å²) in [5, 5.41) is 11.3. The van der Waals surface area contributed by atoms with Gasteiger partial charge in [-0.3, -0.25) is 4.98 Å². The van der Waals surface area contributed by atoms with Crippen molar-refractivity contribution in [2.24, 2.45) is 0 Å². The lowest BCUT2D eigenvalue weighted by Gasteiger charge is -2.03. The molecule has 0 aliphatic heterocycles. The lowest BCUT2D eigenvalue weighted by Crippen LogP contribution is -1.90. The van der Waals surface area contributed by atoms with E-state index in [1.54, 1.807) is 6.20 Å². The minimum atomic E-state index is 0.000914. The summed E-state index contributed by atoms with van der Waals surface area (Å²) in [6.07, 6.45) is 1.74. The van der Waals surface area contributed by atoms with E-state index in [2.05, 4.69) is 39.7 Å². The van der Waals surface area contributed by atoms with Crippen LogP contribution in [0, 0.1) is 0 Å². The van der Waals surface area contributed by atoms with Crippen molar-refractivity contribution >= 4 is 33.4 Å². The minimum Gasteiger partial charge on any atom is -0.390 e.